The van der Waals surface area contributed by atoms with E-state index >= 15 is 0 Å². The van der Waals surface area contributed by atoms with E-state index in [0.29, 0.717) is 12.1 Å². The molecule has 1 aliphatic heterocycles. The Hall–Kier alpha value is -2.24. The fourth-order valence-electron chi connectivity index (χ4n) is 3.24. The highest BCUT2D eigenvalue weighted by Crippen LogP contribution is 2.18. The van der Waals surface area contributed by atoms with Crippen LogP contribution in [-0.4, -0.2) is 67.0 Å². The van der Waals surface area contributed by atoms with Gasteiger partial charge in [-0.1, -0.05) is 30.3 Å². The topological polar surface area (TPSA) is 48.5 Å². The van der Waals surface area contributed by atoms with Crippen LogP contribution in [0.15, 0.2) is 42.5 Å². The second kappa shape index (κ2) is 8.92. The number of nitrogens with zero attached hydrogens (tertiary/aromatic N) is 3. The zero-order valence-corrected chi connectivity index (χ0v) is 15.7. The van der Waals surface area contributed by atoms with Crippen molar-refractivity contribution >= 4 is 5.91 Å². The van der Waals surface area contributed by atoms with Crippen LogP contribution < -0.4 is 5.32 Å². The molecule has 0 radical (unpaired) electrons. The largest absolute Gasteiger partial charge is 0.352 e. The van der Waals surface area contributed by atoms with Crippen LogP contribution in [0.4, 0.5) is 0 Å². The summed E-state index contributed by atoms with van der Waals surface area (Å²) >= 11 is 0. The first-order valence-electron chi connectivity index (χ1n) is 9.35. The van der Waals surface area contributed by atoms with E-state index < -0.39 is 0 Å². The quantitative estimate of drug-likeness (QED) is 0.811. The molecular weight excluding hydrogens is 324 g/mol. The van der Waals surface area contributed by atoms with Crippen LogP contribution in [0.2, 0.25) is 0 Å². The van der Waals surface area contributed by atoms with Crippen molar-refractivity contribution in [3.63, 3.8) is 0 Å². The van der Waals surface area contributed by atoms with Crippen molar-refractivity contribution in [3.8, 4) is 11.3 Å². The molecule has 1 fully saturated rings. The number of benzene rings is 1. The summed E-state index contributed by atoms with van der Waals surface area (Å²) in [5.41, 5.74) is 3.39. The second-order valence-corrected chi connectivity index (χ2v) is 6.95. The molecule has 0 unspecified atom stereocenters. The highest BCUT2D eigenvalue weighted by atomic mass is 16.1. The van der Waals surface area contributed by atoms with Gasteiger partial charge in [0.1, 0.15) is 0 Å². The van der Waals surface area contributed by atoms with Crippen molar-refractivity contribution in [1.82, 2.24) is 20.1 Å². The Bertz CT molecular complexity index is 724. The Morgan fingerprint density at radius 3 is 2.50 bits per heavy atom. The van der Waals surface area contributed by atoms with E-state index in [2.05, 4.69) is 27.1 Å². The fourth-order valence-corrected chi connectivity index (χ4v) is 3.24. The number of piperazine rings is 1. The molecule has 0 spiro atoms. The molecule has 0 bridgehead atoms. The first-order chi connectivity index (χ1) is 12.6. The Morgan fingerprint density at radius 2 is 1.81 bits per heavy atom. The molecule has 1 aromatic heterocycles. The van der Waals surface area contributed by atoms with Crippen molar-refractivity contribution in [2.24, 2.45) is 0 Å². The third-order valence-electron chi connectivity index (χ3n) is 4.93. The predicted molar refractivity (Wildman–Crippen MR) is 105 cm³/mol. The van der Waals surface area contributed by atoms with Gasteiger partial charge in [-0.3, -0.25) is 9.78 Å². The number of carbonyl (C=O) groups is 1. The first kappa shape index (κ1) is 18.5. The van der Waals surface area contributed by atoms with Gasteiger partial charge in [-0.25, -0.2) is 0 Å². The highest BCUT2D eigenvalue weighted by Gasteiger charge is 2.14. The molecule has 3 rings (SSSR count). The summed E-state index contributed by atoms with van der Waals surface area (Å²) in [6, 6.07) is 13.8. The summed E-state index contributed by atoms with van der Waals surface area (Å²) < 4.78 is 0. The number of carbonyl (C=O) groups excluding carboxylic acids is 1. The zero-order valence-electron chi connectivity index (χ0n) is 15.7. The van der Waals surface area contributed by atoms with E-state index in [-0.39, 0.29) is 5.91 Å². The summed E-state index contributed by atoms with van der Waals surface area (Å²) in [7, 11) is 2.16. The number of likely N-dealkylation sites (N-methyl/N-ethyl adjacent to an activating group) is 1. The predicted octanol–water partition coefficient (Wildman–Crippen LogP) is 2.42. The number of pyridine rings is 1. The van der Waals surface area contributed by atoms with Crippen molar-refractivity contribution in [3.05, 3.63) is 53.7 Å². The summed E-state index contributed by atoms with van der Waals surface area (Å²) in [5.74, 6) is -0.0343. The van der Waals surface area contributed by atoms with Crippen molar-refractivity contribution in [2.75, 3.05) is 46.3 Å². The average molecular weight is 352 g/mol. The SMILES string of the molecule is Cc1nc(-c2ccccc2)ccc1C(=O)NCCCN1CCN(C)CC1. The lowest BCUT2D eigenvalue weighted by Crippen LogP contribution is -2.45. The van der Waals surface area contributed by atoms with E-state index in [1.165, 1.54) is 0 Å². The number of amides is 1. The van der Waals surface area contributed by atoms with Crippen molar-refractivity contribution in [2.45, 2.75) is 13.3 Å². The Labute approximate surface area is 156 Å². The van der Waals surface area contributed by atoms with Crippen LogP contribution in [0.5, 0.6) is 0 Å². The molecule has 0 atom stereocenters. The molecule has 1 N–H and O–H groups in total. The summed E-state index contributed by atoms with van der Waals surface area (Å²) in [6.07, 6.45) is 0.976. The molecule has 0 saturated carbocycles. The van der Waals surface area contributed by atoms with Gasteiger partial charge in [0.15, 0.2) is 0 Å². The van der Waals surface area contributed by atoms with Gasteiger partial charge in [0.05, 0.1) is 17.0 Å². The molecule has 0 aliphatic carbocycles. The Kier molecular flexibility index (Phi) is 6.36. The molecule has 2 heterocycles. The minimum Gasteiger partial charge on any atom is -0.352 e. The smallest absolute Gasteiger partial charge is 0.253 e. The van der Waals surface area contributed by atoms with Gasteiger partial charge in [-0.2, -0.15) is 0 Å². The van der Waals surface area contributed by atoms with E-state index in [0.717, 1.165) is 56.1 Å². The molecule has 1 amide bonds. The molecule has 26 heavy (non-hydrogen) atoms. The lowest BCUT2D eigenvalue weighted by Gasteiger charge is -2.32. The van der Waals surface area contributed by atoms with E-state index in [9.17, 15) is 4.79 Å². The van der Waals surface area contributed by atoms with E-state index in [1.807, 2.05) is 49.4 Å². The molecule has 5 nitrogen and oxygen atoms in total. The summed E-state index contributed by atoms with van der Waals surface area (Å²) in [5, 5.41) is 3.03. The van der Waals surface area contributed by atoms with Gasteiger partial charge in [0.2, 0.25) is 0 Å². The number of aryl methyl sites for hydroxylation is 1. The van der Waals surface area contributed by atoms with Crippen LogP contribution in [0.25, 0.3) is 11.3 Å². The Morgan fingerprint density at radius 1 is 1.08 bits per heavy atom. The lowest BCUT2D eigenvalue weighted by atomic mass is 10.1. The van der Waals surface area contributed by atoms with Crippen LogP contribution in [0.1, 0.15) is 22.5 Å². The summed E-state index contributed by atoms with van der Waals surface area (Å²) in [6.45, 7) is 8.13. The van der Waals surface area contributed by atoms with Gasteiger partial charge in [0.25, 0.3) is 5.91 Å². The fraction of sp³-hybridized carbons (Fsp3) is 0.429. The number of aromatic nitrogens is 1. The van der Waals surface area contributed by atoms with Gasteiger partial charge in [-0.05, 0) is 39.1 Å². The van der Waals surface area contributed by atoms with Gasteiger partial charge < -0.3 is 15.1 Å². The van der Waals surface area contributed by atoms with Gasteiger partial charge in [0, 0.05) is 38.3 Å². The molecular formula is C21H28N4O. The maximum Gasteiger partial charge on any atom is 0.253 e. The summed E-state index contributed by atoms with van der Waals surface area (Å²) in [4.78, 5) is 21.9. The molecule has 1 aliphatic rings. The van der Waals surface area contributed by atoms with Gasteiger partial charge in [-0.15, -0.1) is 0 Å². The number of rotatable bonds is 6. The molecule has 1 saturated heterocycles. The minimum absolute atomic E-state index is 0.0343. The normalized spacial score (nSPS) is 15.8. The number of hydrogen-bond acceptors (Lipinski definition) is 4. The molecule has 1 aromatic carbocycles. The standard InChI is InChI=1S/C21H28N4O/c1-17-19(9-10-20(23-17)18-7-4-3-5-8-18)21(26)22-11-6-12-25-15-13-24(2)14-16-25/h3-5,7-10H,6,11-16H2,1-2H3,(H,22,26). The first-order valence-corrected chi connectivity index (χ1v) is 9.35. The maximum atomic E-state index is 12.4. The monoisotopic (exact) mass is 352 g/mol. The average Bonchev–Trinajstić information content (AvgIpc) is 2.67. The highest BCUT2D eigenvalue weighted by molar-refractivity contribution is 5.95. The van der Waals surface area contributed by atoms with Crippen LogP contribution in [0, 0.1) is 6.92 Å². The minimum atomic E-state index is -0.0343. The zero-order chi connectivity index (χ0) is 18.4. The lowest BCUT2D eigenvalue weighted by molar-refractivity contribution is 0.0948. The number of hydrogen-bond donors (Lipinski definition) is 1. The van der Waals surface area contributed by atoms with Crippen LogP contribution in [0.3, 0.4) is 0 Å². The Balaban J connectivity index is 1.49. The molecule has 5 heteroatoms. The maximum absolute atomic E-state index is 12.4. The van der Waals surface area contributed by atoms with Crippen LogP contribution in [-0.2, 0) is 0 Å². The molecule has 2 aromatic rings. The van der Waals surface area contributed by atoms with Crippen LogP contribution >= 0.6 is 0 Å². The van der Waals surface area contributed by atoms with Gasteiger partial charge >= 0.3 is 0 Å². The van der Waals surface area contributed by atoms with E-state index in [4.69, 9.17) is 0 Å². The third-order valence-corrected chi connectivity index (χ3v) is 4.93. The molecule has 138 valence electrons. The van der Waals surface area contributed by atoms with Crippen molar-refractivity contribution in [1.29, 1.82) is 0 Å². The third kappa shape index (κ3) is 4.90. The van der Waals surface area contributed by atoms with Crippen molar-refractivity contribution < 1.29 is 4.79 Å². The van der Waals surface area contributed by atoms with E-state index in [1.54, 1.807) is 0 Å². The number of nitrogens with one attached hydrogen (secondary N) is 1. The second-order valence-electron chi connectivity index (χ2n) is 6.95.